The van der Waals surface area contributed by atoms with Crippen molar-refractivity contribution in [1.29, 1.82) is 0 Å². The predicted molar refractivity (Wildman–Crippen MR) is 112 cm³/mol. The Labute approximate surface area is 154 Å². The van der Waals surface area contributed by atoms with Crippen LogP contribution < -0.4 is 0 Å². The number of benzene rings is 2. The van der Waals surface area contributed by atoms with Crippen LogP contribution in [0.5, 0.6) is 0 Å². The van der Waals surface area contributed by atoms with E-state index in [2.05, 4.69) is 49.9 Å². The summed E-state index contributed by atoms with van der Waals surface area (Å²) in [5, 5.41) is 0. The zero-order chi connectivity index (χ0) is 17.7. The highest BCUT2D eigenvalue weighted by Crippen LogP contribution is 2.26. The van der Waals surface area contributed by atoms with Gasteiger partial charge in [0, 0.05) is 0 Å². The molecule has 1 fully saturated rings. The first kappa shape index (κ1) is 19.2. The van der Waals surface area contributed by atoms with E-state index < -0.39 is 0 Å². The van der Waals surface area contributed by atoms with Gasteiger partial charge >= 0.3 is 0 Å². The molecular weight excluding hydrogens is 300 g/mol. The van der Waals surface area contributed by atoms with Gasteiger partial charge in [0.05, 0.1) is 0 Å². The third-order valence-corrected chi connectivity index (χ3v) is 4.76. The number of allylic oxidation sites excluding steroid dienone is 1. The highest BCUT2D eigenvalue weighted by atomic mass is 14.1. The lowest BCUT2D eigenvalue weighted by Crippen LogP contribution is -1.96. The Morgan fingerprint density at radius 2 is 1.40 bits per heavy atom. The third-order valence-electron chi connectivity index (χ3n) is 4.76. The standard InChI is InChI=1S/C17H24.C8H8/c1-15-9-5-2-3-6-12-17(13-15)14-16-10-7-4-8-11-16;1-2-8-6-4-3-5-7-8/h4,7-8,10-11,14-15H,2-3,5-6,9,12-13H2,1H3;2-7H,1H2. The zero-order valence-corrected chi connectivity index (χ0v) is 15.7. The van der Waals surface area contributed by atoms with Gasteiger partial charge in [0.15, 0.2) is 0 Å². The summed E-state index contributed by atoms with van der Waals surface area (Å²) >= 11 is 0. The van der Waals surface area contributed by atoms with Gasteiger partial charge in [-0.05, 0) is 36.3 Å². The van der Waals surface area contributed by atoms with E-state index in [1.807, 2.05) is 36.4 Å². The lowest BCUT2D eigenvalue weighted by molar-refractivity contribution is 0.500. The average Bonchev–Trinajstić information content (AvgIpc) is 2.75. The van der Waals surface area contributed by atoms with Crippen LogP contribution in [0.1, 0.15) is 63.0 Å². The summed E-state index contributed by atoms with van der Waals surface area (Å²) in [7, 11) is 0. The Kier molecular flexibility index (Phi) is 8.83. The minimum Gasteiger partial charge on any atom is -0.0985 e. The van der Waals surface area contributed by atoms with Crippen molar-refractivity contribution in [2.75, 3.05) is 0 Å². The van der Waals surface area contributed by atoms with Crippen LogP contribution in [-0.2, 0) is 0 Å². The monoisotopic (exact) mass is 332 g/mol. The molecule has 132 valence electrons. The molecule has 1 aliphatic rings. The quantitative estimate of drug-likeness (QED) is 0.526. The van der Waals surface area contributed by atoms with Crippen molar-refractivity contribution in [3.63, 3.8) is 0 Å². The normalized spacial score (nSPS) is 19.7. The van der Waals surface area contributed by atoms with Crippen LogP contribution in [0, 0.1) is 5.92 Å². The van der Waals surface area contributed by atoms with Gasteiger partial charge in [0.25, 0.3) is 0 Å². The second-order valence-corrected chi connectivity index (χ2v) is 7.09. The zero-order valence-electron chi connectivity index (χ0n) is 15.7. The van der Waals surface area contributed by atoms with Crippen LogP contribution in [0.15, 0.2) is 72.8 Å². The summed E-state index contributed by atoms with van der Waals surface area (Å²) in [6.07, 6.45) is 13.9. The highest BCUT2D eigenvalue weighted by molar-refractivity contribution is 5.52. The molecule has 25 heavy (non-hydrogen) atoms. The highest BCUT2D eigenvalue weighted by Gasteiger charge is 2.09. The van der Waals surface area contributed by atoms with Gasteiger partial charge in [-0.1, -0.05) is 118 Å². The van der Waals surface area contributed by atoms with Crippen molar-refractivity contribution in [3.05, 3.63) is 83.9 Å². The molecule has 0 radical (unpaired) electrons. The minimum absolute atomic E-state index is 0.864. The van der Waals surface area contributed by atoms with E-state index in [-0.39, 0.29) is 0 Å². The predicted octanol–water partition coefficient (Wildman–Crippen LogP) is 7.78. The topological polar surface area (TPSA) is 0 Å². The molecule has 1 atom stereocenters. The molecule has 0 aliphatic heterocycles. The first-order valence-electron chi connectivity index (χ1n) is 9.70. The third kappa shape index (κ3) is 8.03. The largest absolute Gasteiger partial charge is 0.0985 e. The van der Waals surface area contributed by atoms with Crippen LogP contribution >= 0.6 is 0 Å². The van der Waals surface area contributed by atoms with Gasteiger partial charge < -0.3 is 0 Å². The van der Waals surface area contributed by atoms with Crippen molar-refractivity contribution in [2.45, 2.75) is 51.9 Å². The first-order valence-corrected chi connectivity index (χ1v) is 9.70. The fourth-order valence-electron chi connectivity index (χ4n) is 3.36. The molecule has 2 aromatic rings. The van der Waals surface area contributed by atoms with E-state index >= 15 is 0 Å². The first-order chi connectivity index (χ1) is 12.3. The Balaban J connectivity index is 0.000000236. The minimum atomic E-state index is 0.864. The van der Waals surface area contributed by atoms with E-state index in [1.165, 1.54) is 56.1 Å². The number of hydrogen-bond acceptors (Lipinski definition) is 0. The molecule has 0 aromatic heterocycles. The second-order valence-electron chi connectivity index (χ2n) is 7.09. The molecule has 0 amide bonds. The maximum absolute atomic E-state index is 3.63. The summed E-state index contributed by atoms with van der Waals surface area (Å²) in [4.78, 5) is 0. The molecule has 3 rings (SSSR count). The van der Waals surface area contributed by atoms with Gasteiger partial charge in [-0.15, -0.1) is 0 Å². The molecule has 2 aromatic carbocycles. The van der Waals surface area contributed by atoms with Crippen LogP contribution in [0.2, 0.25) is 0 Å². The molecule has 0 heterocycles. The summed E-state index contributed by atoms with van der Waals surface area (Å²) in [5.41, 5.74) is 4.20. The number of hydrogen-bond donors (Lipinski definition) is 0. The smallest absolute Gasteiger partial charge is 0.0257 e. The summed E-state index contributed by atoms with van der Waals surface area (Å²) in [6, 6.07) is 20.8. The van der Waals surface area contributed by atoms with Gasteiger partial charge in [0.1, 0.15) is 0 Å². The van der Waals surface area contributed by atoms with E-state index in [9.17, 15) is 0 Å². The molecular formula is C25H32. The lowest BCUT2D eigenvalue weighted by Gasteiger charge is -2.12. The Hall–Kier alpha value is -2.08. The van der Waals surface area contributed by atoms with Crippen LogP contribution in [0.4, 0.5) is 0 Å². The van der Waals surface area contributed by atoms with E-state index in [1.54, 1.807) is 5.57 Å². The van der Waals surface area contributed by atoms with Crippen LogP contribution in [-0.4, -0.2) is 0 Å². The van der Waals surface area contributed by atoms with Gasteiger partial charge in [0.2, 0.25) is 0 Å². The van der Waals surface area contributed by atoms with Gasteiger partial charge in [-0.25, -0.2) is 0 Å². The van der Waals surface area contributed by atoms with Gasteiger partial charge in [-0.2, -0.15) is 0 Å². The average molecular weight is 333 g/mol. The Bertz CT molecular complexity index is 622. The SMILES string of the molecule is C=Cc1ccccc1.CC1CCCCCCC(=Cc2ccccc2)C1. The summed E-state index contributed by atoms with van der Waals surface area (Å²) < 4.78 is 0. The molecule has 0 N–H and O–H groups in total. The molecule has 0 heteroatoms. The lowest BCUT2D eigenvalue weighted by atomic mass is 9.94. The van der Waals surface area contributed by atoms with E-state index in [0.717, 1.165) is 5.92 Å². The molecule has 1 saturated carbocycles. The van der Waals surface area contributed by atoms with Crippen molar-refractivity contribution in [1.82, 2.24) is 0 Å². The van der Waals surface area contributed by atoms with Crippen LogP contribution in [0.3, 0.4) is 0 Å². The fourth-order valence-corrected chi connectivity index (χ4v) is 3.36. The van der Waals surface area contributed by atoms with Gasteiger partial charge in [-0.3, -0.25) is 0 Å². The van der Waals surface area contributed by atoms with E-state index in [4.69, 9.17) is 0 Å². The maximum atomic E-state index is 3.63. The molecule has 1 aliphatic carbocycles. The molecule has 0 saturated heterocycles. The van der Waals surface area contributed by atoms with Crippen LogP contribution in [0.25, 0.3) is 12.2 Å². The maximum Gasteiger partial charge on any atom is -0.0257 e. The molecule has 1 unspecified atom stereocenters. The molecule has 0 bridgehead atoms. The van der Waals surface area contributed by atoms with Crippen molar-refractivity contribution >= 4 is 12.2 Å². The van der Waals surface area contributed by atoms with Crippen molar-refractivity contribution in [3.8, 4) is 0 Å². The summed E-state index contributed by atoms with van der Waals surface area (Å²) in [6.45, 7) is 6.04. The second kappa shape index (κ2) is 11.5. The Morgan fingerprint density at radius 1 is 0.800 bits per heavy atom. The fraction of sp³-hybridized carbons (Fsp3) is 0.360. The van der Waals surface area contributed by atoms with Crippen molar-refractivity contribution in [2.24, 2.45) is 5.92 Å². The van der Waals surface area contributed by atoms with E-state index in [0.29, 0.717) is 0 Å². The summed E-state index contributed by atoms with van der Waals surface area (Å²) in [5.74, 6) is 0.864. The Morgan fingerprint density at radius 3 is 2.00 bits per heavy atom. The number of rotatable bonds is 2. The van der Waals surface area contributed by atoms with Crippen molar-refractivity contribution < 1.29 is 0 Å². The molecule has 0 nitrogen and oxygen atoms in total. The molecule has 0 spiro atoms.